The molecule has 1 heterocycles. The Balaban J connectivity index is 1.59. The molecule has 1 aromatic heterocycles. The summed E-state index contributed by atoms with van der Waals surface area (Å²) in [6.45, 7) is 1.74. The van der Waals surface area contributed by atoms with Crippen molar-refractivity contribution in [3.05, 3.63) is 70.2 Å². The highest BCUT2D eigenvalue weighted by Gasteiger charge is 2.17. The molecule has 140 valence electrons. The summed E-state index contributed by atoms with van der Waals surface area (Å²) in [5, 5.41) is 7.21. The Kier molecular flexibility index (Phi) is 6.42. The van der Waals surface area contributed by atoms with Crippen molar-refractivity contribution >= 4 is 46.6 Å². The number of amides is 1. The maximum atomic E-state index is 13.6. The fourth-order valence-electron chi connectivity index (χ4n) is 2.28. The lowest BCUT2D eigenvalue weighted by atomic mass is 10.1. The van der Waals surface area contributed by atoms with Gasteiger partial charge in [-0.05, 0) is 37.3 Å². The summed E-state index contributed by atoms with van der Waals surface area (Å²) in [6, 6.07) is 12.9. The van der Waals surface area contributed by atoms with E-state index in [2.05, 4.69) is 10.5 Å². The number of anilines is 1. The second-order valence-electron chi connectivity index (χ2n) is 5.72. The van der Waals surface area contributed by atoms with Crippen molar-refractivity contribution in [2.45, 2.75) is 17.9 Å². The fraction of sp³-hybridized carbons (Fsp3) is 0.158. The molecule has 1 N–H and O–H groups in total. The third-order valence-electron chi connectivity index (χ3n) is 3.74. The minimum absolute atomic E-state index is 0.161. The van der Waals surface area contributed by atoms with Crippen LogP contribution >= 0.6 is 35.0 Å². The first kappa shape index (κ1) is 19.7. The van der Waals surface area contributed by atoms with Gasteiger partial charge in [-0.3, -0.25) is 4.79 Å². The monoisotopic (exact) mass is 424 g/mol. The Bertz CT molecular complexity index is 964. The number of para-hydroxylation sites is 1. The van der Waals surface area contributed by atoms with Crippen LogP contribution in [0, 0.1) is 5.82 Å². The Hall–Kier alpha value is -2.02. The van der Waals surface area contributed by atoms with Gasteiger partial charge in [-0.1, -0.05) is 40.5 Å². The molecule has 8 heteroatoms. The summed E-state index contributed by atoms with van der Waals surface area (Å²) in [7, 11) is 0. The number of hydrogen-bond donors (Lipinski definition) is 1. The lowest BCUT2D eigenvalue weighted by Crippen LogP contribution is -2.23. The molecule has 0 aliphatic rings. The molecule has 0 fully saturated rings. The van der Waals surface area contributed by atoms with E-state index in [1.807, 2.05) is 0 Å². The molecule has 0 saturated heterocycles. The first-order valence-electron chi connectivity index (χ1n) is 8.02. The molecule has 4 nitrogen and oxygen atoms in total. The van der Waals surface area contributed by atoms with Crippen LogP contribution in [0.2, 0.25) is 10.0 Å². The molecule has 1 atom stereocenters. The van der Waals surface area contributed by atoms with Gasteiger partial charge in [0.15, 0.2) is 0 Å². The maximum absolute atomic E-state index is 13.6. The Morgan fingerprint density at radius 2 is 2.04 bits per heavy atom. The summed E-state index contributed by atoms with van der Waals surface area (Å²) in [4.78, 5) is 12.2. The number of carbonyl (C=O) groups is 1. The van der Waals surface area contributed by atoms with Gasteiger partial charge in [0.1, 0.15) is 17.3 Å². The molecule has 3 aromatic rings. The molecule has 1 unspecified atom stereocenters. The van der Waals surface area contributed by atoms with Crippen molar-refractivity contribution in [1.29, 1.82) is 0 Å². The third kappa shape index (κ3) is 5.03. The smallest absolute Gasteiger partial charge is 0.237 e. The second kappa shape index (κ2) is 8.78. The summed E-state index contributed by atoms with van der Waals surface area (Å²) >= 11 is 13.4. The van der Waals surface area contributed by atoms with Crippen molar-refractivity contribution in [3.63, 3.8) is 0 Å². The molecule has 2 aromatic carbocycles. The lowest BCUT2D eigenvalue weighted by molar-refractivity contribution is -0.115. The first-order chi connectivity index (χ1) is 12.9. The highest BCUT2D eigenvalue weighted by Crippen LogP contribution is 2.31. The number of nitrogens with one attached hydrogen (secondary N) is 1. The van der Waals surface area contributed by atoms with E-state index in [1.165, 1.54) is 23.9 Å². The van der Waals surface area contributed by atoms with Crippen molar-refractivity contribution in [1.82, 2.24) is 5.16 Å². The standard InChI is InChI=1S/C19H15Cl2FN2O2S/c1-11(19(25)23-17-5-3-2-4-16(17)22)27-10-13-9-18(24-26-13)14-7-6-12(20)8-15(14)21/h2-9,11H,10H2,1H3,(H,23,25). The molecule has 27 heavy (non-hydrogen) atoms. The van der Waals surface area contributed by atoms with E-state index < -0.39 is 11.1 Å². The van der Waals surface area contributed by atoms with E-state index in [9.17, 15) is 9.18 Å². The predicted molar refractivity (Wildman–Crippen MR) is 108 cm³/mol. The van der Waals surface area contributed by atoms with Crippen molar-refractivity contribution < 1.29 is 13.7 Å². The molecule has 0 bridgehead atoms. The van der Waals surface area contributed by atoms with Crippen LogP contribution in [0.1, 0.15) is 12.7 Å². The van der Waals surface area contributed by atoms with Crippen LogP contribution in [0.4, 0.5) is 10.1 Å². The number of thioether (sulfide) groups is 1. The largest absolute Gasteiger partial charge is 0.360 e. The van der Waals surface area contributed by atoms with Gasteiger partial charge in [-0.25, -0.2) is 4.39 Å². The van der Waals surface area contributed by atoms with Gasteiger partial charge >= 0.3 is 0 Å². The molecule has 0 saturated carbocycles. The second-order valence-corrected chi connectivity index (χ2v) is 7.90. The third-order valence-corrected chi connectivity index (χ3v) is 5.46. The zero-order valence-corrected chi connectivity index (χ0v) is 16.5. The molecule has 3 rings (SSSR count). The highest BCUT2D eigenvalue weighted by atomic mass is 35.5. The fourth-order valence-corrected chi connectivity index (χ4v) is 3.55. The number of carbonyl (C=O) groups excluding carboxylic acids is 1. The van der Waals surface area contributed by atoms with Gasteiger partial charge in [0, 0.05) is 16.7 Å². The van der Waals surface area contributed by atoms with E-state index >= 15 is 0 Å². The maximum Gasteiger partial charge on any atom is 0.237 e. The normalized spacial score (nSPS) is 12.0. The van der Waals surface area contributed by atoms with E-state index in [-0.39, 0.29) is 11.6 Å². The molecular weight excluding hydrogens is 410 g/mol. The van der Waals surface area contributed by atoms with Gasteiger partial charge < -0.3 is 9.84 Å². The first-order valence-corrected chi connectivity index (χ1v) is 9.82. The molecule has 0 spiro atoms. The van der Waals surface area contributed by atoms with Crippen LogP contribution in [-0.4, -0.2) is 16.3 Å². The van der Waals surface area contributed by atoms with Crippen LogP contribution in [0.15, 0.2) is 53.1 Å². The number of halogens is 3. The molecule has 0 aliphatic carbocycles. The van der Waals surface area contributed by atoms with Crippen LogP contribution in [0.5, 0.6) is 0 Å². The van der Waals surface area contributed by atoms with Crippen molar-refractivity contribution in [3.8, 4) is 11.3 Å². The molecule has 0 aliphatic heterocycles. The van der Waals surface area contributed by atoms with Crippen LogP contribution < -0.4 is 5.32 Å². The van der Waals surface area contributed by atoms with E-state index in [1.54, 1.807) is 43.3 Å². The zero-order valence-electron chi connectivity index (χ0n) is 14.2. The summed E-state index contributed by atoms with van der Waals surface area (Å²) in [5.41, 5.74) is 1.47. The molecular formula is C19H15Cl2FN2O2S. The topological polar surface area (TPSA) is 55.1 Å². The number of benzene rings is 2. The van der Waals surface area contributed by atoms with Crippen LogP contribution in [0.3, 0.4) is 0 Å². The Morgan fingerprint density at radius 3 is 2.78 bits per heavy atom. The van der Waals surface area contributed by atoms with Gasteiger partial charge in [0.05, 0.1) is 21.7 Å². The van der Waals surface area contributed by atoms with E-state index in [4.69, 9.17) is 27.7 Å². The van der Waals surface area contributed by atoms with Crippen LogP contribution in [0.25, 0.3) is 11.3 Å². The van der Waals surface area contributed by atoms with Gasteiger partial charge in [-0.2, -0.15) is 0 Å². The quantitative estimate of drug-likeness (QED) is 0.523. The minimum Gasteiger partial charge on any atom is -0.360 e. The van der Waals surface area contributed by atoms with Gasteiger partial charge in [-0.15, -0.1) is 11.8 Å². The number of nitrogens with zero attached hydrogens (tertiary/aromatic N) is 1. The van der Waals surface area contributed by atoms with Gasteiger partial charge in [0.25, 0.3) is 0 Å². The summed E-state index contributed by atoms with van der Waals surface area (Å²) in [5.74, 6) is 0.282. The molecule has 1 amide bonds. The van der Waals surface area contributed by atoms with E-state index in [0.717, 1.165) is 0 Å². The Labute approximate surface area is 170 Å². The summed E-state index contributed by atoms with van der Waals surface area (Å²) in [6.07, 6.45) is 0. The summed E-state index contributed by atoms with van der Waals surface area (Å²) < 4.78 is 18.9. The zero-order chi connectivity index (χ0) is 19.4. The number of aromatic nitrogens is 1. The SMILES string of the molecule is CC(SCc1cc(-c2ccc(Cl)cc2Cl)no1)C(=O)Nc1ccccc1F. The van der Waals surface area contributed by atoms with Crippen molar-refractivity contribution in [2.24, 2.45) is 0 Å². The average molecular weight is 425 g/mol. The molecule has 0 radical (unpaired) electrons. The van der Waals surface area contributed by atoms with Crippen molar-refractivity contribution in [2.75, 3.05) is 5.32 Å². The van der Waals surface area contributed by atoms with Crippen LogP contribution in [-0.2, 0) is 10.5 Å². The Morgan fingerprint density at radius 1 is 1.26 bits per heavy atom. The highest BCUT2D eigenvalue weighted by molar-refractivity contribution is 7.99. The predicted octanol–water partition coefficient (Wildman–Crippen LogP) is 6.05. The average Bonchev–Trinajstić information content (AvgIpc) is 3.10. The number of rotatable bonds is 6. The lowest BCUT2D eigenvalue weighted by Gasteiger charge is -2.11. The van der Waals surface area contributed by atoms with E-state index in [0.29, 0.717) is 32.8 Å². The number of hydrogen-bond acceptors (Lipinski definition) is 4. The minimum atomic E-state index is -0.470. The van der Waals surface area contributed by atoms with Gasteiger partial charge in [0.2, 0.25) is 5.91 Å².